The predicted molar refractivity (Wildman–Crippen MR) is 89.2 cm³/mol. The number of ketones is 1. The van der Waals surface area contributed by atoms with Crippen LogP contribution in [0.2, 0.25) is 0 Å². The number of nitrogens with zero attached hydrogens (tertiary/aromatic N) is 1. The standard InChI is InChI=1S/C19H19NO3/c1-13-8-9-15(12-14(13)2)23-11-5-10-20-17-7-4-3-6-16(17)18(21)19(20)22/h3-4,6-9,12H,5,10-11H2,1-2H3. The average molecular weight is 309 g/mol. The van der Waals surface area contributed by atoms with Gasteiger partial charge in [-0.1, -0.05) is 18.2 Å². The number of aryl methyl sites for hydroxylation is 2. The molecule has 0 radical (unpaired) electrons. The molecule has 4 nitrogen and oxygen atoms in total. The van der Waals surface area contributed by atoms with Crippen LogP contribution >= 0.6 is 0 Å². The third-order valence-corrected chi connectivity index (χ3v) is 4.15. The van der Waals surface area contributed by atoms with Crippen LogP contribution in [0.15, 0.2) is 42.5 Å². The van der Waals surface area contributed by atoms with Crippen LogP contribution in [0.3, 0.4) is 0 Å². The Balaban J connectivity index is 1.58. The third-order valence-electron chi connectivity index (χ3n) is 4.15. The molecule has 0 aliphatic carbocycles. The molecule has 1 amide bonds. The second-order valence-corrected chi connectivity index (χ2v) is 5.75. The number of hydrogen-bond acceptors (Lipinski definition) is 3. The fraction of sp³-hybridized carbons (Fsp3) is 0.263. The predicted octanol–water partition coefficient (Wildman–Crippen LogP) is 3.30. The largest absolute Gasteiger partial charge is 0.494 e. The highest BCUT2D eigenvalue weighted by atomic mass is 16.5. The summed E-state index contributed by atoms with van der Waals surface area (Å²) in [6.45, 7) is 5.09. The van der Waals surface area contributed by atoms with Gasteiger partial charge in [0.05, 0.1) is 17.9 Å². The van der Waals surface area contributed by atoms with Crippen molar-refractivity contribution in [2.45, 2.75) is 20.3 Å². The fourth-order valence-corrected chi connectivity index (χ4v) is 2.69. The van der Waals surface area contributed by atoms with Crippen molar-refractivity contribution >= 4 is 17.4 Å². The Labute approximate surface area is 135 Å². The Kier molecular flexibility index (Phi) is 4.15. The van der Waals surface area contributed by atoms with Gasteiger partial charge in [0.1, 0.15) is 5.75 Å². The van der Waals surface area contributed by atoms with Crippen molar-refractivity contribution < 1.29 is 14.3 Å². The number of fused-ring (bicyclic) bond motifs is 1. The van der Waals surface area contributed by atoms with E-state index in [2.05, 4.69) is 6.92 Å². The summed E-state index contributed by atoms with van der Waals surface area (Å²) in [5.41, 5.74) is 3.62. The van der Waals surface area contributed by atoms with Gasteiger partial charge in [-0.3, -0.25) is 9.59 Å². The summed E-state index contributed by atoms with van der Waals surface area (Å²) in [6.07, 6.45) is 0.667. The first kappa shape index (κ1) is 15.3. The van der Waals surface area contributed by atoms with Gasteiger partial charge in [0.15, 0.2) is 0 Å². The number of para-hydroxylation sites is 1. The summed E-state index contributed by atoms with van der Waals surface area (Å²) in [4.78, 5) is 25.5. The summed E-state index contributed by atoms with van der Waals surface area (Å²) in [7, 11) is 0. The molecule has 2 aromatic rings. The lowest BCUT2D eigenvalue weighted by Gasteiger charge is -2.16. The minimum Gasteiger partial charge on any atom is -0.494 e. The lowest BCUT2D eigenvalue weighted by atomic mass is 10.1. The maximum atomic E-state index is 12.0. The Bertz CT molecular complexity index is 767. The zero-order valence-corrected chi connectivity index (χ0v) is 13.3. The van der Waals surface area contributed by atoms with Gasteiger partial charge in [0.2, 0.25) is 0 Å². The number of anilines is 1. The van der Waals surface area contributed by atoms with E-state index < -0.39 is 11.7 Å². The molecular formula is C19H19NO3. The number of ether oxygens (including phenoxy) is 1. The first-order chi connectivity index (χ1) is 11.1. The van der Waals surface area contributed by atoms with Crippen molar-refractivity contribution in [2.24, 2.45) is 0 Å². The van der Waals surface area contributed by atoms with Crippen LogP contribution in [0.25, 0.3) is 0 Å². The molecule has 0 bridgehead atoms. The number of benzene rings is 2. The molecule has 1 aliphatic rings. The zero-order valence-electron chi connectivity index (χ0n) is 13.3. The number of rotatable bonds is 5. The molecule has 0 atom stereocenters. The Morgan fingerprint density at radius 3 is 2.57 bits per heavy atom. The van der Waals surface area contributed by atoms with Crippen LogP contribution in [0.5, 0.6) is 5.75 Å². The molecule has 0 unspecified atom stereocenters. The summed E-state index contributed by atoms with van der Waals surface area (Å²) in [5, 5.41) is 0. The van der Waals surface area contributed by atoms with Gasteiger partial charge in [-0.25, -0.2) is 0 Å². The van der Waals surface area contributed by atoms with Crippen molar-refractivity contribution in [1.82, 2.24) is 0 Å². The van der Waals surface area contributed by atoms with Gasteiger partial charge < -0.3 is 9.64 Å². The summed E-state index contributed by atoms with van der Waals surface area (Å²) in [6, 6.07) is 13.1. The van der Waals surface area contributed by atoms with E-state index in [1.54, 1.807) is 17.0 Å². The van der Waals surface area contributed by atoms with E-state index in [1.165, 1.54) is 11.1 Å². The molecule has 0 saturated carbocycles. The molecule has 1 heterocycles. The van der Waals surface area contributed by atoms with E-state index >= 15 is 0 Å². The van der Waals surface area contributed by atoms with E-state index in [0.717, 1.165) is 5.75 Å². The first-order valence-electron chi connectivity index (χ1n) is 7.73. The number of hydrogen-bond donors (Lipinski definition) is 0. The van der Waals surface area contributed by atoms with Crippen molar-refractivity contribution in [3.63, 3.8) is 0 Å². The van der Waals surface area contributed by atoms with Crippen LogP contribution < -0.4 is 9.64 Å². The maximum Gasteiger partial charge on any atom is 0.299 e. The first-order valence-corrected chi connectivity index (χ1v) is 7.73. The van der Waals surface area contributed by atoms with Gasteiger partial charge in [0, 0.05) is 6.54 Å². The average Bonchev–Trinajstić information content (AvgIpc) is 2.80. The Morgan fingerprint density at radius 2 is 1.78 bits per heavy atom. The smallest absolute Gasteiger partial charge is 0.299 e. The quantitative estimate of drug-likeness (QED) is 0.629. The molecule has 118 valence electrons. The maximum absolute atomic E-state index is 12.0. The second kappa shape index (κ2) is 6.24. The van der Waals surface area contributed by atoms with Crippen LogP contribution in [-0.2, 0) is 4.79 Å². The minimum atomic E-state index is -0.447. The molecule has 23 heavy (non-hydrogen) atoms. The van der Waals surface area contributed by atoms with Crippen molar-refractivity contribution in [2.75, 3.05) is 18.1 Å². The molecule has 1 aliphatic heterocycles. The molecule has 0 saturated heterocycles. The topological polar surface area (TPSA) is 46.6 Å². The summed E-state index contributed by atoms with van der Waals surface area (Å²) < 4.78 is 5.73. The lowest BCUT2D eigenvalue weighted by molar-refractivity contribution is -0.114. The van der Waals surface area contributed by atoms with Gasteiger partial charge in [-0.2, -0.15) is 0 Å². The summed E-state index contributed by atoms with van der Waals surface area (Å²) in [5.74, 6) is -0.0367. The number of carbonyl (C=O) groups is 2. The molecule has 0 aromatic heterocycles. The van der Waals surface area contributed by atoms with Crippen molar-refractivity contribution in [3.8, 4) is 5.75 Å². The molecule has 2 aromatic carbocycles. The highest BCUT2D eigenvalue weighted by molar-refractivity contribution is 6.52. The Morgan fingerprint density at radius 1 is 1.00 bits per heavy atom. The van der Waals surface area contributed by atoms with Gasteiger partial charge in [-0.05, 0) is 55.7 Å². The normalized spacial score (nSPS) is 13.4. The highest BCUT2D eigenvalue weighted by Crippen LogP contribution is 2.28. The second-order valence-electron chi connectivity index (χ2n) is 5.75. The molecule has 4 heteroatoms. The van der Waals surface area contributed by atoms with Crippen molar-refractivity contribution in [1.29, 1.82) is 0 Å². The fourth-order valence-electron chi connectivity index (χ4n) is 2.69. The molecule has 0 N–H and O–H groups in total. The van der Waals surface area contributed by atoms with E-state index in [9.17, 15) is 9.59 Å². The lowest BCUT2D eigenvalue weighted by Crippen LogP contribution is -2.31. The summed E-state index contributed by atoms with van der Waals surface area (Å²) >= 11 is 0. The Hall–Kier alpha value is -2.62. The SMILES string of the molecule is Cc1ccc(OCCCN2C(=O)C(=O)c3ccccc32)cc1C. The van der Waals surface area contributed by atoms with Crippen molar-refractivity contribution in [3.05, 3.63) is 59.2 Å². The molecule has 3 rings (SSSR count). The van der Waals surface area contributed by atoms with Crippen LogP contribution in [0.4, 0.5) is 5.69 Å². The van der Waals surface area contributed by atoms with E-state index in [4.69, 9.17) is 4.74 Å². The molecule has 0 spiro atoms. The minimum absolute atomic E-state index is 0.421. The highest BCUT2D eigenvalue weighted by Gasteiger charge is 2.34. The third kappa shape index (κ3) is 2.97. The molecular weight excluding hydrogens is 290 g/mol. The van der Waals surface area contributed by atoms with Gasteiger partial charge >= 0.3 is 0 Å². The molecule has 0 fully saturated rings. The van der Waals surface area contributed by atoms with E-state index in [0.29, 0.717) is 30.8 Å². The van der Waals surface area contributed by atoms with Gasteiger partial charge in [-0.15, -0.1) is 0 Å². The van der Waals surface area contributed by atoms with E-state index in [1.807, 2.05) is 37.3 Å². The van der Waals surface area contributed by atoms with Crippen LogP contribution in [-0.4, -0.2) is 24.8 Å². The number of amides is 1. The monoisotopic (exact) mass is 309 g/mol. The van der Waals surface area contributed by atoms with Gasteiger partial charge in [0.25, 0.3) is 11.7 Å². The van der Waals surface area contributed by atoms with Crippen LogP contribution in [0.1, 0.15) is 27.9 Å². The van der Waals surface area contributed by atoms with Crippen LogP contribution in [0, 0.1) is 13.8 Å². The van der Waals surface area contributed by atoms with E-state index in [-0.39, 0.29) is 0 Å². The zero-order chi connectivity index (χ0) is 16.4. The number of carbonyl (C=O) groups excluding carboxylic acids is 2. The number of Topliss-reactive ketones (excluding diaryl/α,β-unsaturated/α-hetero) is 1.